The molecule has 2 N–H and O–H groups in total. The van der Waals surface area contributed by atoms with Gasteiger partial charge in [-0.2, -0.15) is 0 Å². The van der Waals surface area contributed by atoms with Gasteiger partial charge in [0.05, 0.1) is 6.42 Å². The fraction of sp³-hybridized carbons (Fsp3) is 0.588. The van der Waals surface area contributed by atoms with E-state index in [9.17, 15) is 4.79 Å². The average Bonchev–Trinajstić information content (AvgIpc) is 3.11. The zero-order chi connectivity index (χ0) is 13.9. The molecule has 0 spiro atoms. The van der Waals surface area contributed by atoms with Gasteiger partial charge in [-0.3, -0.25) is 4.79 Å². The van der Waals surface area contributed by atoms with Gasteiger partial charge < -0.3 is 10.6 Å². The molecule has 1 unspecified atom stereocenters. The summed E-state index contributed by atoms with van der Waals surface area (Å²) in [6.07, 6.45) is 8.11. The summed E-state index contributed by atoms with van der Waals surface area (Å²) in [6, 6.07) is 8.21. The van der Waals surface area contributed by atoms with Crippen LogP contribution >= 0.6 is 0 Å². The third-order valence-electron chi connectivity index (χ3n) is 4.96. The highest BCUT2D eigenvalue weighted by molar-refractivity contribution is 5.81. The van der Waals surface area contributed by atoms with Crippen molar-refractivity contribution in [2.75, 3.05) is 12.3 Å². The summed E-state index contributed by atoms with van der Waals surface area (Å²) in [5, 5.41) is 0. The average molecular weight is 272 g/mol. The molecular formula is C17H24N2O. The third kappa shape index (κ3) is 2.67. The molecule has 3 nitrogen and oxygen atoms in total. The van der Waals surface area contributed by atoms with Gasteiger partial charge in [-0.15, -0.1) is 0 Å². The van der Waals surface area contributed by atoms with Crippen LogP contribution in [0.25, 0.3) is 0 Å². The Labute approximate surface area is 121 Å². The molecule has 2 aliphatic rings. The number of nitrogen functional groups attached to an aromatic ring is 1. The molecule has 2 fully saturated rings. The van der Waals surface area contributed by atoms with Crippen molar-refractivity contribution in [2.24, 2.45) is 5.92 Å². The van der Waals surface area contributed by atoms with Crippen molar-refractivity contribution < 1.29 is 4.79 Å². The van der Waals surface area contributed by atoms with Crippen molar-refractivity contribution >= 4 is 11.6 Å². The minimum Gasteiger partial charge on any atom is -0.398 e. The van der Waals surface area contributed by atoms with Gasteiger partial charge in [0.15, 0.2) is 0 Å². The van der Waals surface area contributed by atoms with Crippen LogP contribution in [0.1, 0.15) is 44.1 Å². The van der Waals surface area contributed by atoms with Gasteiger partial charge in [0.1, 0.15) is 0 Å². The molecule has 1 aromatic carbocycles. The van der Waals surface area contributed by atoms with Crippen LogP contribution in [-0.4, -0.2) is 23.4 Å². The highest BCUT2D eigenvalue weighted by Gasteiger charge is 2.35. The van der Waals surface area contributed by atoms with E-state index in [1.165, 1.54) is 32.1 Å². The minimum atomic E-state index is 0.261. The lowest BCUT2D eigenvalue weighted by Crippen LogP contribution is -2.40. The Morgan fingerprint density at radius 1 is 1.15 bits per heavy atom. The van der Waals surface area contributed by atoms with Crippen LogP contribution in [0.3, 0.4) is 0 Å². The first kappa shape index (κ1) is 13.5. The lowest BCUT2D eigenvalue weighted by molar-refractivity contribution is -0.132. The van der Waals surface area contributed by atoms with E-state index in [4.69, 9.17) is 5.73 Å². The Morgan fingerprint density at radius 2 is 1.90 bits per heavy atom. The molecule has 3 rings (SSSR count). The highest BCUT2D eigenvalue weighted by atomic mass is 16.2. The van der Waals surface area contributed by atoms with E-state index in [-0.39, 0.29) is 5.91 Å². The van der Waals surface area contributed by atoms with Crippen molar-refractivity contribution in [3.8, 4) is 0 Å². The van der Waals surface area contributed by atoms with E-state index < -0.39 is 0 Å². The first-order chi connectivity index (χ1) is 9.75. The molecule has 0 bridgehead atoms. The Bertz CT molecular complexity index is 480. The second-order valence-electron chi connectivity index (χ2n) is 6.22. The number of para-hydroxylation sites is 1. The number of nitrogens with zero attached hydrogens (tertiary/aromatic N) is 1. The van der Waals surface area contributed by atoms with Crippen LogP contribution in [0, 0.1) is 5.92 Å². The number of benzene rings is 1. The van der Waals surface area contributed by atoms with Crippen molar-refractivity contribution in [3.63, 3.8) is 0 Å². The number of nitrogens with two attached hydrogens (primary N) is 1. The zero-order valence-electron chi connectivity index (χ0n) is 12.1. The van der Waals surface area contributed by atoms with Crippen LogP contribution in [0.2, 0.25) is 0 Å². The normalized spacial score (nSPS) is 23.4. The fourth-order valence-electron chi connectivity index (χ4n) is 3.89. The molecule has 1 aliphatic carbocycles. The van der Waals surface area contributed by atoms with Crippen LogP contribution in [0.4, 0.5) is 5.69 Å². The number of rotatable bonds is 3. The quantitative estimate of drug-likeness (QED) is 0.860. The lowest BCUT2D eigenvalue weighted by Gasteiger charge is -2.29. The summed E-state index contributed by atoms with van der Waals surface area (Å²) in [7, 11) is 0. The minimum absolute atomic E-state index is 0.261. The molecular weight excluding hydrogens is 248 g/mol. The maximum absolute atomic E-state index is 12.6. The van der Waals surface area contributed by atoms with Crippen molar-refractivity contribution in [2.45, 2.75) is 51.0 Å². The molecule has 1 atom stereocenters. The summed E-state index contributed by atoms with van der Waals surface area (Å²) in [4.78, 5) is 14.7. The lowest BCUT2D eigenvalue weighted by atomic mass is 9.95. The number of hydrogen-bond donors (Lipinski definition) is 1. The first-order valence-corrected chi connectivity index (χ1v) is 7.88. The van der Waals surface area contributed by atoms with E-state index in [0.717, 1.165) is 30.1 Å². The molecule has 0 radical (unpaired) electrons. The molecule has 1 heterocycles. The SMILES string of the molecule is Nc1ccccc1CC(=O)N1CCCC1C1CCCC1. The summed E-state index contributed by atoms with van der Waals surface area (Å²) in [5.41, 5.74) is 7.65. The van der Waals surface area contributed by atoms with E-state index in [2.05, 4.69) is 4.90 Å². The number of likely N-dealkylation sites (tertiary alicyclic amines) is 1. The molecule has 1 saturated heterocycles. The molecule has 1 saturated carbocycles. The van der Waals surface area contributed by atoms with E-state index in [1.807, 2.05) is 24.3 Å². The van der Waals surface area contributed by atoms with E-state index >= 15 is 0 Å². The summed E-state index contributed by atoms with van der Waals surface area (Å²) in [6.45, 7) is 0.937. The van der Waals surface area contributed by atoms with E-state index in [1.54, 1.807) is 0 Å². The third-order valence-corrected chi connectivity index (χ3v) is 4.96. The summed E-state index contributed by atoms with van der Waals surface area (Å²) >= 11 is 0. The van der Waals surface area contributed by atoms with E-state index in [0.29, 0.717) is 12.5 Å². The van der Waals surface area contributed by atoms with Gasteiger partial charge in [-0.1, -0.05) is 31.0 Å². The van der Waals surface area contributed by atoms with Crippen molar-refractivity contribution in [3.05, 3.63) is 29.8 Å². The summed E-state index contributed by atoms with van der Waals surface area (Å²) in [5.74, 6) is 1.01. The van der Waals surface area contributed by atoms with Crippen molar-refractivity contribution in [1.29, 1.82) is 0 Å². The second-order valence-corrected chi connectivity index (χ2v) is 6.22. The number of carbonyl (C=O) groups excluding carboxylic acids is 1. The molecule has 20 heavy (non-hydrogen) atoms. The monoisotopic (exact) mass is 272 g/mol. The predicted octanol–water partition coefficient (Wildman–Crippen LogP) is 2.99. The van der Waals surface area contributed by atoms with Crippen molar-refractivity contribution in [1.82, 2.24) is 4.90 Å². The molecule has 1 aliphatic heterocycles. The highest BCUT2D eigenvalue weighted by Crippen LogP contribution is 2.35. The van der Waals surface area contributed by atoms with Gasteiger partial charge in [-0.25, -0.2) is 0 Å². The number of hydrogen-bond acceptors (Lipinski definition) is 2. The first-order valence-electron chi connectivity index (χ1n) is 7.88. The Kier molecular flexibility index (Phi) is 3.95. The Balaban J connectivity index is 1.68. The standard InChI is InChI=1S/C17H24N2O/c18-15-9-4-3-8-14(15)12-17(20)19-11-5-10-16(19)13-6-1-2-7-13/h3-4,8-9,13,16H,1-2,5-7,10-12,18H2. The number of amides is 1. The Hall–Kier alpha value is -1.51. The molecule has 108 valence electrons. The van der Waals surface area contributed by atoms with Gasteiger partial charge in [0.2, 0.25) is 5.91 Å². The fourth-order valence-corrected chi connectivity index (χ4v) is 3.89. The Morgan fingerprint density at radius 3 is 2.65 bits per heavy atom. The van der Waals surface area contributed by atoms with Crippen LogP contribution in [0.15, 0.2) is 24.3 Å². The maximum Gasteiger partial charge on any atom is 0.227 e. The van der Waals surface area contributed by atoms with Gasteiger partial charge >= 0.3 is 0 Å². The zero-order valence-corrected chi connectivity index (χ0v) is 12.1. The second kappa shape index (κ2) is 5.86. The van der Waals surface area contributed by atoms with Gasteiger partial charge in [0.25, 0.3) is 0 Å². The van der Waals surface area contributed by atoms with Crippen LogP contribution in [-0.2, 0) is 11.2 Å². The topological polar surface area (TPSA) is 46.3 Å². The predicted molar refractivity (Wildman–Crippen MR) is 81.3 cm³/mol. The smallest absolute Gasteiger partial charge is 0.227 e. The molecule has 0 aromatic heterocycles. The molecule has 1 aromatic rings. The molecule has 1 amide bonds. The largest absolute Gasteiger partial charge is 0.398 e. The van der Waals surface area contributed by atoms with Gasteiger partial charge in [0, 0.05) is 18.3 Å². The molecule has 3 heteroatoms. The number of anilines is 1. The summed E-state index contributed by atoms with van der Waals surface area (Å²) < 4.78 is 0. The number of carbonyl (C=O) groups is 1. The van der Waals surface area contributed by atoms with Crippen LogP contribution in [0.5, 0.6) is 0 Å². The van der Waals surface area contributed by atoms with Gasteiger partial charge in [-0.05, 0) is 43.2 Å². The van der Waals surface area contributed by atoms with Crippen LogP contribution < -0.4 is 5.73 Å². The maximum atomic E-state index is 12.6.